The van der Waals surface area contributed by atoms with E-state index in [0.29, 0.717) is 18.0 Å². The van der Waals surface area contributed by atoms with E-state index in [2.05, 4.69) is 29.6 Å². The quantitative estimate of drug-likeness (QED) is 0.736. The summed E-state index contributed by atoms with van der Waals surface area (Å²) in [6.07, 6.45) is 3.89. The van der Waals surface area contributed by atoms with Crippen molar-refractivity contribution in [3.63, 3.8) is 0 Å². The summed E-state index contributed by atoms with van der Waals surface area (Å²) in [5.41, 5.74) is 3.00. The van der Waals surface area contributed by atoms with Crippen LogP contribution in [0.4, 0.5) is 0 Å². The fraction of sp³-hybridized carbons (Fsp3) is 0.444. The third kappa shape index (κ3) is 5.87. The van der Waals surface area contributed by atoms with E-state index in [1.807, 2.05) is 48.3 Å². The molecule has 0 spiro atoms. The third-order valence-corrected chi connectivity index (χ3v) is 3.47. The summed E-state index contributed by atoms with van der Waals surface area (Å²) in [6, 6.07) is 7.76. The molecule has 1 amide bonds. The number of hydrogen-bond acceptors (Lipinski definition) is 3. The van der Waals surface area contributed by atoms with Gasteiger partial charge < -0.3 is 10.6 Å². The fourth-order valence-electron chi connectivity index (χ4n) is 2.24. The Hall–Kier alpha value is -2.14. The van der Waals surface area contributed by atoms with Gasteiger partial charge in [0.2, 0.25) is 0 Å². The number of rotatable bonds is 8. The minimum Gasteiger partial charge on any atom is -0.352 e. The van der Waals surface area contributed by atoms with Crippen LogP contribution < -0.4 is 10.6 Å². The Morgan fingerprint density at radius 2 is 2.17 bits per heavy atom. The molecule has 23 heavy (non-hydrogen) atoms. The van der Waals surface area contributed by atoms with Crippen LogP contribution in [-0.4, -0.2) is 28.8 Å². The average molecular weight is 314 g/mol. The lowest BCUT2D eigenvalue weighted by atomic mass is 10.1. The van der Waals surface area contributed by atoms with Gasteiger partial charge in [-0.3, -0.25) is 9.48 Å². The highest BCUT2D eigenvalue weighted by Gasteiger charge is 2.06. The van der Waals surface area contributed by atoms with Crippen LogP contribution in [0, 0.1) is 12.8 Å². The van der Waals surface area contributed by atoms with Crippen molar-refractivity contribution in [2.45, 2.75) is 33.9 Å². The first-order valence-corrected chi connectivity index (χ1v) is 8.11. The highest BCUT2D eigenvalue weighted by molar-refractivity contribution is 5.94. The maximum absolute atomic E-state index is 12.1. The van der Waals surface area contributed by atoms with Crippen LogP contribution in [0.1, 0.15) is 35.3 Å². The van der Waals surface area contributed by atoms with E-state index >= 15 is 0 Å². The summed E-state index contributed by atoms with van der Waals surface area (Å²) in [4.78, 5) is 12.1. The molecular weight excluding hydrogens is 288 g/mol. The zero-order valence-electron chi connectivity index (χ0n) is 14.2. The molecule has 0 saturated heterocycles. The first-order chi connectivity index (χ1) is 11.0. The first-order valence-electron chi connectivity index (χ1n) is 8.11. The zero-order chi connectivity index (χ0) is 16.7. The monoisotopic (exact) mass is 314 g/mol. The van der Waals surface area contributed by atoms with Gasteiger partial charge in [0.25, 0.3) is 5.91 Å². The highest BCUT2D eigenvalue weighted by Crippen LogP contribution is 2.05. The maximum atomic E-state index is 12.1. The largest absolute Gasteiger partial charge is 0.352 e. The molecule has 5 heteroatoms. The molecule has 124 valence electrons. The molecule has 0 aliphatic rings. The van der Waals surface area contributed by atoms with E-state index in [1.54, 1.807) is 0 Å². The van der Waals surface area contributed by atoms with Crippen LogP contribution in [-0.2, 0) is 13.1 Å². The number of nitrogens with zero attached hydrogens (tertiary/aromatic N) is 2. The smallest absolute Gasteiger partial charge is 0.251 e. The molecule has 1 aromatic carbocycles. The molecule has 5 nitrogen and oxygen atoms in total. The lowest BCUT2D eigenvalue weighted by molar-refractivity contribution is 0.0949. The molecule has 0 aliphatic carbocycles. The van der Waals surface area contributed by atoms with Gasteiger partial charge >= 0.3 is 0 Å². The van der Waals surface area contributed by atoms with Gasteiger partial charge in [0.05, 0.1) is 12.7 Å². The van der Waals surface area contributed by atoms with Crippen molar-refractivity contribution in [3.8, 4) is 0 Å². The Morgan fingerprint density at radius 3 is 2.87 bits per heavy atom. The van der Waals surface area contributed by atoms with Crippen molar-refractivity contribution in [3.05, 3.63) is 53.3 Å². The molecule has 2 N–H and O–H groups in total. The highest BCUT2D eigenvalue weighted by atomic mass is 16.1. The van der Waals surface area contributed by atoms with E-state index < -0.39 is 0 Å². The number of nitrogens with one attached hydrogen (secondary N) is 2. The molecular formula is C18H26N4O. The molecule has 2 rings (SSSR count). The van der Waals surface area contributed by atoms with Gasteiger partial charge in [-0.15, -0.1) is 0 Å². The van der Waals surface area contributed by atoms with Gasteiger partial charge in [0.1, 0.15) is 0 Å². The Morgan fingerprint density at radius 1 is 1.35 bits per heavy atom. The second-order valence-electron chi connectivity index (χ2n) is 6.26. The number of carbonyl (C=O) groups is 1. The van der Waals surface area contributed by atoms with Crippen molar-refractivity contribution < 1.29 is 4.79 Å². The van der Waals surface area contributed by atoms with Crippen molar-refractivity contribution in [1.29, 1.82) is 0 Å². The molecule has 0 saturated carbocycles. The second kappa shape index (κ2) is 8.48. The molecule has 0 fully saturated rings. The van der Waals surface area contributed by atoms with Gasteiger partial charge in [0, 0.05) is 31.4 Å². The fourth-order valence-corrected chi connectivity index (χ4v) is 2.24. The summed E-state index contributed by atoms with van der Waals surface area (Å²) in [5.74, 6) is 0.447. The van der Waals surface area contributed by atoms with Gasteiger partial charge in [-0.1, -0.05) is 26.0 Å². The molecule has 0 radical (unpaired) electrons. The Bertz CT molecular complexity index is 633. The van der Waals surface area contributed by atoms with Gasteiger partial charge in [-0.2, -0.15) is 5.10 Å². The van der Waals surface area contributed by atoms with E-state index in [4.69, 9.17) is 0 Å². The van der Waals surface area contributed by atoms with Crippen LogP contribution in [0.3, 0.4) is 0 Å². The Labute approximate surface area is 138 Å². The van der Waals surface area contributed by atoms with E-state index in [1.165, 1.54) is 5.56 Å². The van der Waals surface area contributed by atoms with Crippen molar-refractivity contribution in [1.82, 2.24) is 20.4 Å². The van der Waals surface area contributed by atoms with Crippen LogP contribution in [0.25, 0.3) is 0 Å². The normalized spacial score (nSPS) is 11.0. The van der Waals surface area contributed by atoms with Gasteiger partial charge in [0.15, 0.2) is 0 Å². The summed E-state index contributed by atoms with van der Waals surface area (Å²) < 4.78 is 1.93. The minimum absolute atomic E-state index is 0.00688. The standard InChI is InChI=1S/C18H26N4O/c1-14(2)10-20-18(23)17-6-4-5-16(9-17)12-19-7-8-22-13-15(3)11-21-22/h4-6,9,11,13-14,19H,7-8,10,12H2,1-3H3,(H,20,23). The lowest BCUT2D eigenvalue weighted by Gasteiger charge is -2.09. The Balaban J connectivity index is 1.79. The molecule has 0 aliphatic heterocycles. The number of benzene rings is 1. The second-order valence-corrected chi connectivity index (χ2v) is 6.26. The predicted octanol–water partition coefficient (Wildman–Crippen LogP) is 2.37. The van der Waals surface area contributed by atoms with E-state index in [-0.39, 0.29) is 5.91 Å². The maximum Gasteiger partial charge on any atom is 0.251 e. The molecule has 1 heterocycles. The van der Waals surface area contributed by atoms with E-state index in [9.17, 15) is 4.79 Å². The first kappa shape index (κ1) is 17.2. The van der Waals surface area contributed by atoms with Gasteiger partial charge in [-0.25, -0.2) is 0 Å². The van der Waals surface area contributed by atoms with Gasteiger partial charge in [-0.05, 0) is 36.1 Å². The topological polar surface area (TPSA) is 59.0 Å². The molecule has 0 unspecified atom stereocenters. The van der Waals surface area contributed by atoms with Crippen molar-refractivity contribution in [2.75, 3.05) is 13.1 Å². The molecule has 0 bridgehead atoms. The van der Waals surface area contributed by atoms with Crippen LogP contribution in [0.5, 0.6) is 0 Å². The lowest BCUT2D eigenvalue weighted by Crippen LogP contribution is -2.27. The van der Waals surface area contributed by atoms with Crippen LogP contribution in [0.15, 0.2) is 36.7 Å². The summed E-state index contributed by atoms with van der Waals surface area (Å²) in [6.45, 7) is 9.32. The van der Waals surface area contributed by atoms with Crippen LogP contribution in [0.2, 0.25) is 0 Å². The minimum atomic E-state index is -0.00688. The third-order valence-electron chi connectivity index (χ3n) is 3.47. The summed E-state index contributed by atoms with van der Waals surface area (Å²) >= 11 is 0. The zero-order valence-corrected chi connectivity index (χ0v) is 14.2. The number of amides is 1. The van der Waals surface area contributed by atoms with E-state index in [0.717, 1.165) is 25.2 Å². The van der Waals surface area contributed by atoms with Crippen molar-refractivity contribution >= 4 is 5.91 Å². The van der Waals surface area contributed by atoms with Crippen LogP contribution >= 0.6 is 0 Å². The molecule has 1 aromatic heterocycles. The number of carbonyl (C=O) groups excluding carboxylic acids is 1. The SMILES string of the molecule is Cc1cnn(CCNCc2cccc(C(=O)NCC(C)C)c2)c1. The molecule has 2 aromatic rings. The number of hydrogen-bond donors (Lipinski definition) is 2. The predicted molar refractivity (Wildman–Crippen MR) is 92.3 cm³/mol. The van der Waals surface area contributed by atoms with Crippen molar-refractivity contribution in [2.24, 2.45) is 5.92 Å². The number of aryl methyl sites for hydroxylation is 1. The average Bonchev–Trinajstić information content (AvgIpc) is 2.95. The summed E-state index contributed by atoms with van der Waals surface area (Å²) in [5, 5.41) is 10.6. The summed E-state index contributed by atoms with van der Waals surface area (Å²) in [7, 11) is 0. The Kier molecular flexibility index (Phi) is 6.35. The number of aromatic nitrogens is 2. The molecule has 0 atom stereocenters.